The van der Waals surface area contributed by atoms with Crippen LogP contribution in [-0.4, -0.2) is 61.0 Å². The molecule has 166 valence electrons. The second kappa shape index (κ2) is 8.86. The molecule has 2 aliphatic heterocycles. The average molecular weight is 435 g/mol. The molecule has 1 amide bonds. The van der Waals surface area contributed by atoms with Crippen molar-refractivity contribution in [3.8, 4) is 0 Å². The Morgan fingerprint density at radius 2 is 1.58 bits per heavy atom. The van der Waals surface area contributed by atoms with Gasteiger partial charge in [-0.2, -0.15) is 13.2 Å². The summed E-state index contributed by atoms with van der Waals surface area (Å²) in [5.74, 6) is -0.816. The molecule has 8 heteroatoms. The molecular formula is C23H25F4N3O. The largest absolute Gasteiger partial charge is 0.417 e. The Labute approximate surface area is 179 Å². The normalized spacial score (nSPS) is 20.7. The molecule has 0 aromatic heterocycles. The van der Waals surface area contributed by atoms with Crippen molar-refractivity contribution in [2.75, 3.05) is 44.2 Å². The molecule has 0 aliphatic carbocycles. The van der Waals surface area contributed by atoms with Crippen molar-refractivity contribution in [3.63, 3.8) is 0 Å². The van der Waals surface area contributed by atoms with E-state index in [1.165, 1.54) is 30.3 Å². The van der Waals surface area contributed by atoms with Crippen molar-refractivity contribution in [2.24, 2.45) is 0 Å². The van der Waals surface area contributed by atoms with Crippen molar-refractivity contribution < 1.29 is 22.4 Å². The summed E-state index contributed by atoms with van der Waals surface area (Å²) >= 11 is 0. The third-order valence-electron chi connectivity index (χ3n) is 6.17. The molecule has 0 bridgehead atoms. The van der Waals surface area contributed by atoms with E-state index >= 15 is 0 Å². The van der Waals surface area contributed by atoms with E-state index in [0.717, 1.165) is 50.8 Å². The van der Waals surface area contributed by atoms with Crippen molar-refractivity contribution >= 4 is 11.6 Å². The minimum atomic E-state index is -4.56. The number of carbonyl (C=O) groups excluding carboxylic acids is 1. The Morgan fingerprint density at radius 3 is 2.26 bits per heavy atom. The van der Waals surface area contributed by atoms with E-state index in [4.69, 9.17) is 0 Å². The Kier molecular flexibility index (Phi) is 6.18. The second-order valence-corrected chi connectivity index (χ2v) is 8.09. The van der Waals surface area contributed by atoms with Crippen LogP contribution >= 0.6 is 0 Å². The van der Waals surface area contributed by atoms with E-state index < -0.39 is 17.6 Å². The zero-order valence-corrected chi connectivity index (χ0v) is 17.1. The predicted molar refractivity (Wildman–Crippen MR) is 111 cm³/mol. The SMILES string of the molecule is O=C(c1ccccc1C(F)(F)F)N1CCC[C@H](N2CCN(c3ccc(F)cc3)CC2)C1. The number of halogens is 4. The van der Waals surface area contributed by atoms with Crippen LogP contribution in [0.15, 0.2) is 48.5 Å². The number of anilines is 1. The number of alkyl halides is 3. The molecule has 1 atom stereocenters. The first kappa shape index (κ1) is 21.6. The number of likely N-dealkylation sites (tertiary alicyclic amines) is 1. The quantitative estimate of drug-likeness (QED) is 0.674. The fraction of sp³-hybridized carbons (Fsp3) is 0.435. The number of nitrogens with zero attached hydrogens (tertiary/aromatic N) is 3. The van der Waals surface area contributed by atoms with Crippen LogP contribution in [0.2, 0.25) is 0 Å². The van der Waals surface area contributed by atoms with E-state index in [-0.39, 0.29) is 17.4 Å². The lowest BCUT2D eigenvalue weighted by molar-refractivity contribution is -0.138. The van der Waals surface area contributed by atoms with Gasteiger partial charge in [0.15, 0.2) is 0 Å². The summed E-state index contributed by atoms with van der Waals surface area (Å²) in [4.78, 5) is 19.0. The zero-order chi connectivity index (χ0) is 22.0. The molecule has 2 aromatic carbocycles. The van der Waals surface area contributed by atoms with Crippen LogP contribution in [0, 0.1) is 5.82 Å². The van der Waals surface area contributed by atoms with Crippen LogP contribution in [0.3, 0.4) is 0 Å². The lowest BCUT2D eigenvalue weighted by Crippen LogP contribution is -2.56. The molecule has 4 nitrogen and oxygen atoms in total. The lowest BCUT2D eigenvalue weighted by atomic mass is 10.00. The van der Waals surface area contributed by atoms with Gasteiger partial charge in [-0.3, -0.25) is 9.69 Å². The second-order valence-electron chi connectivity index (χ2n) is 8.09. The molecule has 0 radical (unpaired) electrons. The van der Waals surface area contributed by atoms with E-state index in [9.17, 15) is 22.4 Å². The summed E-state index contributed by atoms with van der Waals surface area (Å²) in [5.41, 5.74) is -0.183. The van der Waals surface area contributed by atoms with E-state index in [1.807, 2.05) is 0 Å². The van der Waals surface area contributed by atoms with Crippen molar-refractivity contribution in [2.45, 2.75) is 25.1 Å². The molecule has 31 heavy (non-hydrogen) atoms. The number of piperidine rings is 1. The Balaban J connectivity index is 1.39. The summed E-state index contributed by atoms with van der Waals surface area (Å²) in [6, 6.07) is 11.6. The van der Waals surface area contributed by atoms with Gasteiger partial charge in [-0.15, -0.1) is 0 Å². The number of carbonyl (C=O) groups is 1. The Bertz CT molecular complexity index is 908. The number of rotatable bonds is 3. The van der Waals surface area contributed by atoms with Crippen LogP contribution in [-0.2, 0) is 6.18 Å². The van der Waals surface area contributed by atoms with Gasteiger partial charge in [0, 0.05) is 51.0 Å². The van der Waals surface area contributed by atoms with Crippen LogP contribution in [0.1, 0.15) is 28.8 Å². The molecule has 0 N–H and O–H groups in total. The molecule has 2 heterocycles. The van der Waals surface area contributed by atoms with Crippen LogP contribution in [0.25, 0.3) is 0 Å². The Morgan fingerprint density at radius 1 is 0.903 bits per heavy atom. The van der Waals surface area contributed by atoms with E-state index in [1.54, 1.807) is 17.0 Å². The van der Waals surface area contributed by atoms with Gasteiger partial charge in [0.1, 0.15) is 5.82 Å². The van der Waals surface area contributed by atoms with E-state index in [0.29, 0.717) is 13.1 Å². The highest BCUT2D eigenvalue weighted by Gasteiger charge is 2.37. The third kappa shape index (κ3) is 4.84. The molecule has 2 aliphatic rings. The maximum absolute atomic E-state index is 13.3. The number of piperazine rings is 1. The zero-order valence-electron chi connectivity index (χ0n) is 17.1. The third-order valence-corrected chi connectivity index (χ3v) is 6.17. The standard InChI is InChI=1S/C23H25F4N3O/c24-17-7-9-18(10-8-17)28-12-14-29(15-13-28)19-4-3-11-30(16-19)22(31)20-5-1-2-6-21(20)23(25,26)27/h1-2,5-10,19H,3-4,11-16H2/t19-/m0/s1. The van der Waals surface area contributed by atoms with Gasteiger partial charge in [0.25, 0.3) is 5.91 Å². The average Bonchev–Trinajstić information content (AvgIpc) is 2.79. The van der Waals surface area contributed by atoms with Gasteiger partial charge < -0.3 is 9.80 Å². The molecule has 0 unspecified atom stereocenters. The number of amides is 1. The first-order chi connectivity index (χ1) is 14.8. The first-order valence-electron chi connectivity index (χ1n) is 10.5. The molecule has 0 spiro atoms. The van der Waals surface area contributed by atoms with Gasteiger partial charge in [0.2, 0.25) is 0 Å². The van der Waals surface area contributed by atoms with Gasteiger partial charge in [0.05, 0.1) is 11.1 Å². The summed E-state index contributed by atoms with van der Waals surface area (Å²) in [5, 5.41) is 0. The highest BCUT2D eigenvalue weighted by Crippen LogP contribution is 2.33. The number of benzene rings is 2. The Hall–Kier alpha value is -2.61. The monoisotopic (exact) mass is 435 g/mol. The molecular weight excluding hydrogens is 410 g/mol. The van der Waals surface area contributed by atoms with Crippen molar-refractivity contribution in [1.29, 1.82) is 0 Å². The van der Waals surface area contributed by atoms with Gasteiger partial charge in [-0.25, -0.2) is 4.39 Å². The van der Waals surface area contributed by atoms with Crippen molar-refractivity contribution in [1.82, 2.24) is 9.80 Å². The highest BCUT2D eigenvalue weighted by molar-refractivity contribution is 5.96. The van der Waals surface area contributed by atoms with Gasteiger partial charge in [-0.05, 0) is 49.2 Å². The predicted octanol–water partition coefficient (Wildman–Crippen LogP) is 4.27. The fourth-order valence-corrected chi connectivity index (χ4v) is 4.52. The minimum Gasteiger partial charge on any atom is -0.369 e. The van der Waals surface area contributed by atoms with Crippen LogP contribution in [0.5, 0.6) is 0 Å². The first-order valence-corrected chi connectivity index (χ1v) is 10.5. The maximum Gasteiger partial charge on any atom is 0.417 e. The molecule has 0 saturated carbocycles. The van der Waals surface area contributed by atoms with E-state index in [2.05, 4.69) is 9.80 Å². The molecule has 4 rings (SSSR count). The van der Waals surface area contributed by atoms with Gasteiger partial charge >= 0.3 is 6.18 Å². The maximum atomic E-state index is 13.3. The molecule has 2 fully saturated rings. The fourth-order valence-electron chi connectivity index (χ4n) is 4.52. The summed E-state index contributed by atoms with van der Waals surface area (Å²) < 4.78 is 53.2. The molecule has 2 aromatic rings. The minimum absolute atomic E-state index is 0.131. The number of hydrogen-bond donors (Lipinski definition) is 0. The molecule has 2 saturated heterocycles. The van der Waals surface area contributed by atoms with Gasteiger partial charge in [-0.1, -0.05) is 12.1 Å². The summed E-state index contributed by atoms with van der Waals surface area (Å²) in [6.45, 7) is 4.06. The smallest absolute Gasteiger partial charge is 0.369 e. The van der Waals surface area contributed by atoms with Crippen molar-refractivity contribution in [3.05, 3.63) is 65.5 Å². The topological polar surface area (TPSA) is 26.8 Å². The highest BCUT2D eigenvalue weighted by atomic mass is 19.4. The summed E-state index contributed by atoms with van der Waals surface area (Å²) in [6.07, 6.45) is -2.87. The lowest BCUT2D eigenvalue weighted by Gasteiger charge is -2.44. The number of hydrogen-bond acceptors (Lipinski definition) is 3. The van der Waals surface area contributed by atoms with Crippen LogP contribution in [0.4, 0.5) is 23.2 Å². The van der Waals surface area contributed by atoms with Crippen LogP contribution < -0.4 is 4.90 Å². The summed E-state index contributed by atoms with van der Waals surface area (Å²) in [7, 11) is 0.